The summed E-state index contributed by atoms with van der Waals surface area (Å²) in [7, 11) is 0. The molecule has 1 aromatic heterocycles. The molecule has 0 unspecified atom stereocenters. The SMILES string of the molecule is O=c1c(O)c(-c2ccc(O)c(O)c2)oc2cc(COc3ccc(F)cc3)cc(O)c12. The van der Waals surface area contributed by atoms with Gasteiger partial charge in [-0.3, -0.25) is 4.79 Å². The molecule has 4 rings (SSSR count). The summed E-state index contributed by atoms with van der Waals surface area (Å²) < 4.78 is 24.2. The molecule has 152 valence electrons. The van der Waals surface area contributed by atoms with Crippen molar-refractivity contribution in [2.24, 2.45) is 0 Å². The Kier molecular flexibility index (Phi) is 4.67. The number of ether oxygens (including phenoxy) is 1. The fourth-order valence-electron chi connectivity index (χ4n) is 2.99. The van der Waals surface area contributed by atoms with Crippen LogP contribution in [0.4, 0.5) is 4.39 Å². The molecule has 0 atom stereocenters. The van der Waals surface area contributed by atoms with E-state index in [1.54, 1.807) is 0 Å². The average molecular weight is 410 g/mol. The lowest BCUT2D eigenvalue weighted by Gasteiger charge is -2.10. The lowest BCUT2D eigenvalue weighted by molar-refractivity contribution is 0.305. The van der Waals surface area contributed by atoms with E-state index in [0.717, 1.165) is 6.07 Å². The van der Waals surface area contributed by atoms with E-state index < -0.39 is 28.5 Å². The number of aromatic hydroxyl groups is 4. The zero-order valence-electron chi connectivity index (χ0n) is 15.3. The fraction of sp³-hybridized carbons (Fsp3) is 0.0455. The van der Waals surface area contributed by atoms with Crippen LogP contribution in [0.3, 0.4) is 0 Å². The van der Waals surface area contributed by atoms with Crippen LogP contribution in [0.2, 0.25) is 0 Å². The second kappa shape index (κ2) is 7.32. The van der Waals surface area contributed by atoms with E-state index in [2.05, 4.69) is 0 Å². The summed E-state index contributed by atoms with van der Waals surface area (Å²) in [6.07, 6.45) is 0. The van der Waals surface area contributed by atoms with Crippen LogP contribution in [0, 0.1) is 5.82 Å². The highest BCUT2D eigenvalue weighted by Gasteiger charge is 2.19. The normalized spacial score (nSPS) is 11.0. The minimum atomic E-state index is -0.859. The number of rotatable bonds is 4. The Balaban J connectivity index is 1.77. The van der Waals surface area contributed by atoms with Crippen LogP contribution in [-0.2, 0) is 6.61 Å². The summed E-state index contributed by atoms with van der Waals surface area (Å²) in [5.41, 5.74) is -0.271. The van der Waals surface area contributed by atoms with E-state index in [0.29, 0.717) is 11.3 Å². The summed E-state index contributed by atoms with van der Waals surface area (Å²) in [6, 6.07) is 11.8. The lowest BCUT2D eigenvalue weighted by atomic mass is 10.1. The highest BCUT2D eigenvalue weighted by molar-refractivity contribution is 5.87. The minimum Gasteiger partial charge on any atom is -0.507 e. The van der Waals surface area contributed by atoms with Crippen LogP contribution in [0.1, 0.15) is 5.56 Å². The molecule has 4 N–H and O–H groups in total. The van der Waals surface area contributed by atoms with E-state index in [1.165, 1.54) is 48.5 Å². The van der Waals surface area contributed by atoms with Gasteiger partial charge in [-0.1, -0.05) is 0 Å². The summed E-state index contributed by atoms with van der Waals surface area (Å²) in [6.45, 7) is -0.00491. The fourth-order valence-corrected chi connectivity index (χ4v) is 2.99. The van der Waals surface area contributed by atoms with Crippen molar-refractivity contribution >= 4 is 11.0 Å². The maximum Gasteiger partial charge on any atom is 0.238 e. The third kappa shape index (κ3) is 3.46. The molecule has 0 saturated carbocycles. The molecule has 8 heteroatoms. The van der Waals surface area contributed by atoms with Crippen LogP contribution in [-0.4, -0.2) is 20.4 Å². The van der Waals surface area contributed by atoms with Crippen LogP contribution < -0.4 is 10.2 Å². The van der Waals surface area contributed by atoms with Crippen molar-refractivity contribution in [2.45, 2.75) is 6.61 Å². The highest BCUT2D eigenvalue weighted by Crippen LogP contribution is 2.37. The van der Waals surface area contributed by atoms with Crippen LogP contribution in [0.25, 0.3) is 22.3 Å². The van der Waals surface area contributed by atoms with Crippen molar-refractivity contribution < 1.29 is 34.0 Å². The highest BCUT2D eigenvalue weighted by atomic mass is 19.1. The number of benzene rings is 3. The number of halogens is 1. The Labute approximate surface area is 168 Å². The van der Waals surface area contributed by atoms with Crippen molar-refractivity contribution in [1.29, 1.82) is 0 Å². The summed E-state index contributed by atoms with van der Waals surface area (Å²) in [5, 5.41) is 39.5. The van der Waals surface area contributed by atoms with Crippen LogP contribution in [0.5, 0.6) is 28.7 Å². The maximum atomic E-state index is 13.0. The number of hydrogen-bond acceptors (Lipinski definition) is 7. The van der Waals surface area contributed by atoms with Gasteiger partial charge >= 0.3 is 0 Å². The Morgan fingerprint density at radius 2 is 1.60 bits per heavy atom. The lowest BCUT2D eigenvalue weighted by Crippen LogP contribution is -2.04. The van der Waals surface area contributed by atoms with E-state index in [9.17, 15) is 29.6 Å². The van der Waals surface area contributed by atoms with Crippen molar-refractivity contribution in [3.05, 3.63) is 76.2 Å². The molecule has 0 fully saturated rings. The topological polar surface area (TPSA) is 120 Å². The molecule has 0 aliphatic carbocycles. The Bertz CT molecular complexity index is 1310. The summed E-state index contributed by atoms with van der Waals surface area (Å²) in [5.74, 6) is -2.23. The van der Waals surface area contributed by atoms with Gasteiger partial charge in [0.15, 0.2) is 17.3 Å². The second-order valence-corrected chi connectivity index (χ2v) is 6.54. The van der Waals surface area contributed by atoms with Gasteiger partial charge in [0.05, 0.1) is 0 Å². The second-order valence-electron chi connectivity index (χ2n) is 6.54. The van der Waals surface area contributed by atoms with Crippen molar-refractivity contribution in [3.8, 4) is 40.1 Å². The molecule has 0 spiro atoms. The first-order valence-corrected chi connectivity index (χ1v) is 8.76. The van der Waals surface area contributed by atoms with Gasteiger partial charge in [-0.25, -0.2) is 4.39 Å². The summed E-state index contributed by atoms with van der Waals surface area (Å²) in [4.78, 5) is 12.6. The van der Waals surface area contributed by atoms with Crippen molar-refractivity contribution in [1.82, 2.24) is 0 Å². The zero-order chi connectivity index (χ0) is 21.4. The maximum absolute atomic E-state index is 13.0. The summed E-state index contributed by atoms with van der Waals surface area (Å²) >= 11 is 0. The molecule has 0 bridgehead atoms. The van der Waals surface area contributed by atoms with Gasteiger partial charge < -0.3 is 29.6 Å². The van der Waals surface area contributed by atoms with E-state index in [4.69, 9.17) is 9.15 Å². The van der Waals surface area contributed by atoms with E-state index >= 15 is 0 Å². The molecule has 0 amide bonds. The van der Waals surface area contributed by atoms with Gasteiger partial charge in [0.25, 0.3) is 0 Å². The van der Waals surface area contributed by atoms with E-state index in [-0.39, 0.29) is 34.6 Å². The van der Waals surface area contributed by atoms with E-state index in [1.807, 2.05) is 0 Å². The first-order valence-electron chi connectivity index (χ1n) is 8.76. The van der Waals surface area contributed by atoms with Gasteiger partial charge in [0.2, 0.25) is 11.2 Å². The molecule has 4 aromatic rings. The molecular weight excluding hydrogens is 395 g/mol. The molecule has 7 nitrogen and oxygen atoms in total. The molecule has 30 heavy (non-hydrogen) atoms. The molecular formula is C22H15FO7. The number of phenolic OH excluding ortho intramolecular Hbond substituents is 3. The molecule has 0 aliphatic rings. The largest absolute Gasteiger partial charge is 0.507 e. The molecule has 1 heterocycles. The van der Waals surface area contributed by atoms with Gasteiger partial charge in [-0.15, -0.1) is 0 Å². The third-order valence-corrected chi connectivity index (χ3v) is 4.47. The molecule has 0 saturated heterocycles. The molecule has 0 aliphatic heterocycles. The monoisotopic (exact) mass is 410 g/mol. The van der Waals surface area contributed by atoms with Gasteiger partial charge in [0, 0.05) is 5.56 Å². The van der Waals surface area contributed by atoms with Crippen molar-refractivity contribution in [2.75, 3.05) is 0 Å². The smallest absolute Gasteiger partial charge is 0.238 e. The standard InChI is InChI=1S/C22H15FO7/c23-13-2-4-14(5-3-13)29-10-11-7-17(26)19-18(8-11)30-22(21(28)20(19)27)12-1-6-15(24)16(25)9-12/h1-9,24-26,28H,10H2. The predicted octanol–water partition coefficient (Wildman–Crippen LogP) is 4.00. The minimum absolute atomic E-state index is 0.00491. The quantitative estimate of drug-likeness (QED) is 0.375. The van der Waals surface area contributed by atoms with Gasteiger partial charge in [0.1, 0.15) is 34.9 Å². The average Bonchev–Trinajstić information content (AvgIpc) is 2.72. The Hall–Kier alpha value is -4.20. The van der Waals surface area contributed by atoms with Gasteiger partial charge in [-0.05, 0) is 60.2 Å². The molecule has 0 radical (unpaired) electrons. The van der Waals surface area contributed by atoms with Crippen LogP contribution >= 0.6 is 0 Å². The van der Waals surface area contributed by atoms with Crippen LogP contribution in [0.15, 0.2) is 63.8 Å². The van der Waals surface area contributed by atoms with Gasteiger partial charge in [-0.2, -0.15) is 0 Å². The number of fused-ring (bicyclic) bond motifs is 1. The molecule has 3 aromatic carbocycles. The van der Waals surface area contributed by atoms with Crippen molar-refractivity contribution in [3.63, 3.8) is 0 Å². The Morgan fingerprint density at radius 1 is 0.867 bits per heavy atom. The first kappa shape index (κ1) is 19.1. The first-order chi connectivity index (χ1) is 14.3. The Morgan fingerprint density at radius 3 is 2.30 bits per heavy atom. The zero-order valence-corrected chi connectivity index (χ0v) is 15.3. The number of hydrogen-bond donors (Lipinski definition) is 4. The number of phenols is 3. The predicted molar refractivity (Wildman–Crippen MR) is 105 cm³/mol. The third-order valence-electron chi connectivity index (χ3n) is 4.47.